The molecule has 1 atom stereocenters. The van der Waals surface area contributed by atoms with E-state index in [1.807, 2.05) is 24.3 Å². The number of fused-ring (bicyclic) bond motifs is 3. The quantitative estimate of drug-likeness (QED) is 0.379. The molecule has 8 nitrogen and oxygen atoms in total. The zero-order valence-electron chi connectivity index (χ0n) is 18.0. The maximum Gasteiger partial charge on any atom is 0.293 e. The van der Waals surface area contributed by atoms with Gasteiger partial charge in [-0.25, -0.2) is 9.88 Å². The Morgan fingerprint density at radius 1 is 1.28 bits per heavy atom. The number of benzene rings is 2. The lowest BCUT2D eigenvalue weighted by Gasteiger charge is -2.33. The second-order valence-electron chi connectivity index (χ2n) is 6.94. The molecule has 0 saturated heterocycles. The summed E-state index contributed by atoms with van der Waals surface area (Å²) in [7, 11) is 3.10. The summed E-state index contributed by atoms with van der Waals surface area (Å²) in [4.78, 5) is 19.0. The van der Waals surface area contributed by atoms with Crippen LogP contribution >= 0.6 is 27.7 Å². The first-order valence-electron chi connectivity index (χ1n) is 9.82. The summed E-state index contributed by atoms with van der Waals surface area (Å²) >= 11 is 4.80. The minimum Gasteiger partial charge on any atom is -0.854 e. The van der Waals surface area contributed by atoms with Crippen LogP contribution in [0.1, 0.15) is 25.1 Å². The van der Waals surface area contributed by atoms with Gasteiger partial charge in [0.15, 0.2) is 11.5 Å². The van der Waals surface area contributed by atoms with Crippen LogP contribution in [0.15, 0.2) is 46.0 Å². The third-order valence-corrected chi connectivity index (χ3v) is 6.35. The van der Waals surface area contributed by atoms with Crippen molar-refractivity contribution in [2.45, 2.75) is 24.7 Å². The molecule has 1 aromatic heterocycles. The predicted molar refractivity (Wildman–Crippen MR) is 122 cm³/mol. The van der Waals surface area contributed by atoms with Crippen LogP contribution in [0.3, 0.4) is 0 Å². The Kier molecular flexibility index (Phi) is 6.25. The van der Waals surface area contributed by atoms with Gasteiger partial charge in [0.25, 0.3) is 17.0 Å². The lowest BCUT2D eigenvalue weighted by atomic mass is 10.0. The molecule has 1 amide bonds. The summed E-state index contributed by atoms with van der Waals surface area (Å²) in [6, 6.07) is 10.9. The number of methoxy groups -OCH3 is 2. The normalized spacial score (nSPS) is 14.5. The van der Waals surface area contributed by atoms with Crippen molar-refractivity contribution < 1.29 is 24.1 Å². The lowest BCUT2D eigenvalue weighted by Crippen LogP contribution is -2.59. The highest BCUT2D eigenvalue weighted by molar-refractivity contribution is 9.10. The van der Waals surface area contributed by atoms with Gasteiger partial charge in [-0.05, 0) is 46.5 Å². The topological polar surface area (TPSA) is 91.5 Å². The smallest absolute Gasteiger partial charge is 0.293 e. The van der Waals surface area contributed by atoms with Crippen LogP contribution in [0.4, 0.5) is 5.69 Å². The van der Waals surface area contributed by atoms with E-state index >= 15 is 0 Å². The highest BCUT2D eigenvalue weighted by Gasteiger charge is 2.44. The zero-order chi connectivity index (χ0) is 23.0. The number of para-hydroxylation sites is 1. The van der Waals surface area contributed by atoms with Crippen LogP contribution in [-0.4, -0.2) is 36.5 Å². The van der Waals surface area contributed by atoms with Gasteiger partial charge < -0.3 is 14.6 Å². The maximum atomic E-state index is 13.2. The van der Waals surface area contributed by atoms with Crippen molar-refractivity contribution in [3.8, 4) is 28.6 Å². The van der Waals surface area contributed by atoms with Crippen LogP contribution in [0, 0.1) is 0 Å². The fraction of sp³-hybridized carbons (Fsp3) is 0.273. The number of hydrogen-bond acceptors (Lipinski definition) is 7. The highest BCUT2D eigenvalue weighted by Crippen LogP contribution is 2.44. The summed E-state index contributed by atoms with van der Waals surface area (Å²) in [6.07, 6.45) is 1.36. The minimum absolute atomic E-state index is 0.108. The fourth-order valence-electron chi connectivity index (χ4n) is 3.85. The van der Waals surface area contributed by atoms with Gasteiger partial charge in [0.2, 0.25) is 5.91 Å². The lowest BCUT2D eigenvalue weighted by molar-refractivity contribution is -0.764. The molecule has 0 saturated carbocycles. The molecular weight excluding hydrogens is 496 g/mol. The van der Waals surface area contributed by atoms with Crippen molar-refractivity contribution in [3.63, 3.8) is 0 Å². The number of anilines is 1. The molecule has 3 aromatic rings. The molecule has 2 heterocycles. The average molecular weight is 517 g/mol. The van der Waals surface area contributed by atoms with Gasteiger partial charge in [-0.2, -0.15) is 0 Å². The molecule has 166 valence electrons. The number of carbonyl (C=O) groups is 1. The fourth-order valence-corrected chi connectivity index (χ4v) is 4.81. The number of ether oxygens (including phenoxy) is 2. The number of aromatic nitrogens is 3. The first-order chi connectivity index (χ1) is 15.4. The Bertz CT molecular complexity index is 1210. The second kappa shape index (κ2) is 8.95. The number of amides is 1. The molecule has 4 rings (SSSR count). The van der Waals surface area contributed by atoms with E-state index in [9.17, 15) is 9.90 Å². The van der Waals surface area contributed by atoms with Crippen LogP contribution < -0.4 is 24.2 Å². The average Bonchev–Trinajstić information content (AvgIpc) is 2.81. The zero-order valence-corrected chi connectivity index (χ0v) is 20.4. The van der Waals surface area contributed by atoms with E-state index in [1.54, 1.807) is 49.1 Å². The van der Waals surface area contributed by atoms with Crippen LogP contribution in [0.2, 0.25) is 0 Å². The minimum atomic E-state index is -0.718. The predicted octanol–water partition coefficient (Wildman–Crippen LogP) is 3.31. The van der Waals surface area contributed by atoms with Gasteiger partial charge in [0.1, 0.15) is 0 Å². The van der Waals surface area contributed by atoms with Crippen LogP contribution in [-0.2, 0) is 4.79 Å². The number of nitrogens with zero attached hydrogens (tertiary/aromatic N) is 4. The van der Waals surface area contributed by atoms with Crippen LogP contribution in [0.25, 0.3) is 11.3 Å². The molecule has 0 N–H and O–H groups in total. The van der Waals surface area contributed by atoms with E-state index in [1.165, 1.54) is 11.8 Å². The summed E-state index contributed by atoms with van der Waals surface area (Å²) in [5.41, 5.74) is 2.27. The molecule has 2 aromatic carbocycles. The first-order valence-corrected chi connectivity index (χ1v) is 11.8. The number of hydrogen-bond donors (Lipinski definition) is 0. The van der Waals surface area contributed by atoms with E-state index in [0.29, 0.717) is 43.6 Å². The van der Waals surface area contributed by atoms with Gasteiger partial charge in [-0.3, -0.25) is 4.79 Å². The van der Waals surface area contributed by atoms with Gasteiger partial charge in [0, 0.05) is 11.5 Å². The maximum absolute atomic E-state index is 13.2. The highest BCUT2D eigenvalue weighted by atomic mass is 79.9. The number of rotatable bonds is 5. The molecule has 10 heteroatoms. The van der Waals surface area contributed by atoms with E-state index in [0.717, 1.165) is 0 Å². The first kappa shape index (κ1) is 22.3. The SMILES string of the molecule is CCC(=O)N1c2ccccc2-c2c([O-])nc(SC)n[n+]2C1c1cc(Br)c(OC)c(OC)c1. The van der Waals surface area contributed by atoms with Crippen molar-refractivity contribution in [3.05, 3.63) is 46.4 Å². The van der Waals surface area contributed by atoms with Crippen molar-refractivity contribution in [1.82, 2.24) is 10.1 Å². The molecule has 0 radical (unpaired) electrons. The van der Waals surface area contributed by atoms with E-state index in [2.05, 4.69) is 26.0 Å². The van der Waals surface area contributed by atoms with Gasteiger partial charge in [-0.15, -0.1) is 0 Å². The van der Waals surface area contributed by atoms with Crippen LogP contribution in [0.5, 0.6) is 17.4 Å². The van der Waals surface area contributed by atoms with E-state index < -0.39 is 12.0 Å². The Morgan fingerprint density at radius 2 is 2.03 bits per heavy atom. The largest absolute Gasteiger partial charge is 0.854 e. The third kappa shape index (κ3) is 3.57. The van der Waals surface area contributed by atoms with E-state index in [-0.39, 0.29) is 12.3 Å². The third-order valence-electron chi connectivity index (χ3n) is 5.22. The molecule has 0 bridgehead atoms. The Balaban J connectivity index is 2.08. The molecule has 0 spiro atoms. The molecule has 1 unspecified atom stereocenters. The summed E-state index contributed by atoms with van der Waals surface area (Å²) < 4.78 is 13.2. The molecule has 32 heavy (non-hydrogen) atoms. The van der Waals surface area contributed by atoms with Crippen molar-refractivity contribution in [2.24, 2.45) is 0 Å². The second-order valence-corrected chi connectivity index (χ2v) is 8.57. The van der Waals surface area contributed by atoms with Crippen molar-refractivity contribution >= 4 is 39.3 Å². The van der Waals surface area contributed by atoms with Gasteiger partial charge in [-0.1, -0.05) is 35.5 Å². The molecule has 0 aliphatic carbocycles. The number of thioether (sulfide) groups is 1. The Labute approximate surface area is 198 Å². The van der Waals surface area contributed by atoms with Gasteiger partial charge >= 0.3 is 0 Å². The van der Waals surface area contributed by atoms with Crippen molar-refractivity contribution in [1.29, 1.82) is 0 Å². The Morgan fingerprint density at radius 3 is 2.69 bits per heavy atom. The number of carbonyl (C=O) groups excluding carboxylic acids is 1. The van der Waals surface area contributed by atoms with Gasteiger partial charge in [0.05, 0.1) is 41.4 Å². The monoisotopic (exact) mass is 516 g/mol. The Hall–Kier alpha value is -2.85. The molecule has 1 aliphatic heterocycles. The summed E-state index contributed by atoms with van der Waals surface area (Å²) in [5.74, 6) is 0.513. The van der Waals surface area contributed by atoms with E-state index in [4.69, 9.17) is 9.47 Å². The molecule has 0 fully saturated rings. The molecule has 1 aliphatic rings. The summed E-state index contributed by atoms with van der Waals surface area (Å²) in [6.45, 7) is 1.80. The number of halogens is 1. The molecular formula is C22H21BrN4O4S. The summed E-state index contributed by atoms with van der Waals surface area (Å²) in [5, 5.41) is 18.0. The standard InChI is InChI=1S/C22H21BrN4O4S/c1-5-17(28)26-15-9-7-6-8-13(15)18-20(29)24-22(32-4)25-27(18)21(26)12-10-14(23)19(31-3)16(11-12)30-2/h6-11,21H,5H2,1-4H3. The van der Waals surface area contributed by atoms with Crippen molar-refractivity contribution in [2.75, 3.05) is 25.4 Å².